The number of aliphatic carboxylic acids is 1. The van der Waals surface area contributed by atoms with Crippen molar-refractivity contribution in [1.82, 2.24) is 0 Å². The summed E-state index contributed by atoms with van der Waals surface area (Å²) in [5.74, 6) is -1.38. The average molecular weight is 273 g/mol. The molecule has 104 valence electrons. The van der Waals surface area contributed by atoms with Gasteiger partial charge in [0, 0.05) is 11.3 Å². The average Bonchev–Trinajstić information content (AvgIpc) is 2.82. The van der Waals surface area contributed by atoms with E-state index in [1.54, 1.807) is 25.1 Å². The van der Waals surface area contributed by atoms with Crippen LogP contribution in [0, 0.1) is 13.8 Å². The Bertz CT molecular complexity index is 628. The van der Waals surface area contributed by atoms with E-state index in [0.29, 0.717) is 11.3 Å². The molecule has 0 atom stereocenters. The van der Waals surface area contributed by atoms with Crippen LogP contribution in [0.2, 0.25) is 0 Å². The third-order valence-corrected chi connectivity index (χ3v) is 2.94. The van der Waals surface area contributed by atoms with Crippen LogP contribution in [-0.2, 0) is 4.79 Å². The molecule has 1 amide bonds. The van der Waals surface area contributed by atoms with Gasteiger partial charge in [-0.15, -0.1) is 0 Å². The van der Waals surface area contributed by atoms with Crippen LogP contribution in [0.5, 0.6) is 0 Å². The minimum absolute atomic E-state index is 0.159. The lowest BCUT2D eigenvalue weighted by molar-refractivity contribution is -0.135. The molecule has 0 bridgehead atoms. The Balaban J connectivity index is 2.37. The molecule has 2 rings (SSSR count). The topological polar surface area (TPSA) is 70.8 Å². The van der Waals surface area contributed by atoms with E-state index in [0.717, 1.165) is 5.56 Å². The van der Waals surface area contributed by atoms with Crippen LogP contribution in [0.3, 0.4) is 0 Å². The van der Waals surface area contributed by atoms with Gasteiger partial charge in [-0.3, -0.25) is 14.5 Å². The molecule has 1 aromatic carbocycles. The molecule has 1 heterocycles. The first-order chi connectivity index (χ1) is 9.49. The summed E-state index contributed by atoms with van der Waals surface area (Å²) in [6.07, 6.45) is 1.41. The van der Waals surface area contributed by atoms with E-state index in [2.05, 4.69) is 0 Å². The minimum Gasteiger partial charge on any atom is -0.480 e. The summed E-state index contributed by atoms with van der Waals surface area (Å²) >= 11 is 0. The summed E-state index contributed by atoms with van der Waals surface area (Å²) in [7, 11) is 0. The number of amides is 1. The van der Waals surface area contributed by atoms with Crippen LogP contribution in [0.1, 0.15) is 21.7 Å². The van der Waals surface area contributed by atoms with E-state index in [4.69, 9.17) is 9.52 Å². The maximum absolute atomic E-state index is 12.4. The maximum Gasteiger partial charge on any atom is 0.323 e. The van der Waals surface area contributed by atoms with Crippen LogP contribution in [0.15, 0.2) is 41.0 Å². The minimum atomic E-state index is -1.08. The molecule has 1 N–H and O–H groups in total. The highest BCUT2D eigenvalue weighted by Crippen LogP contribution is 2.20. The number of carboxylic acids is 1. The van der Waals surface area contributed by atoms with Gasteiger partial charge in [0.05, 0.1) is 6.26 Å². The van der Waals surface area contributed by atoms with Crippen molar-refractivity contribution in [1.29, 1.82) is 0 Å². The fraction of sp³-hybridized carbons (Fsp3) is 0.200. The van der Waals surface area contributed by atoms with Crippen molar-refractivity contribution in [3.8, 4) is 0 Å². The first kappa shape index (κ1) is 13.9. The predicted octanol–water partition coefficient (Wildman–Crippen LogP) is 2.63. The summed E-state index contributed by atoms with van der Waals surface area (Å²) in [5.41, 5.74) is 2.24. The molecule has 0 radical (unpaired) electrons. The molecule has 0 aliphatic rings. The summed E-state index contributed by atoms with van der Waals surface area (Å²) in [6.45, 7) is 3.25. The molecule has 1 aromatic heterocycles. The highest BCUT2D eigenvalue weighted by Gasteiger charge is 2.24. The van der Waals surface area contributed by atoms with Gasteiger partial charge in [-0.2, -0.15) is 0 Å². The quantitative estimate of drug-likeness (QED) is 0.929. The van der Waals surface area contributed by atoms with Gasteiger partial charge in [0.1, 0.15) is 6.54 Å². The monoisotopic (exact) mass is 273 g/mol. The number of anilines is 1. The summed E-state index contributed by atoms with van der Waals surface area (Å²) in [5, 5.41) is 8.99. The van der Waals surface area contributed by atoms with Crippen LogP contribution in [0.4, 0.5) is 5.69 Å². The van der Waals surface area contributed by atoms with Crippen molar-refractivity contribution in [2.45, 2.75) is 13.8 Å². The lowest BCUT2D eigenvalue weighted by atomic mass is 10.2. The standard InChI is InChI=1S/C15H15NO4/c1-10-3-5-12(6-4-10)16(9-13(17)18)15(19)14-11(2)7-8-20-14/h3-8H,9H2,1-2H3,(H,17,18). The van der Waals surface area contributed by atoms with E-state index in [1.165, 1.54) is 11.2 Å². The van der Waals surface area contributed by atoms with E-state index >= 15 is 0 Å². The molecule has 0 aliphatic carbocycles. The fourth-order valence-electron chi connectivity index (χ4n) is 1.85. The summed E-state index contributed by atoms with van der Waals surface area (Å²) < 4.78 is 5.15. The molecule has 2 aromatic rings. The zero-order chi connectivity index (χ0) is 14.7. The number of carbonyl (C=O) groups excluding carboxylic acids is 1. The number of benzene rings is 1. The number of furan rings is 1. The molecule has 5 nitrogen and oxygen atoms in total. The Kier molecular flexibility index (Phi) is 3.89. The maximum atomic E-state index is 12.4. The van der Waals surface area contributed by atoms with Crippen molar-refractivity contribution in [2.24, 2.45) is 0 Å². The number of carbonyl (C=O) groups is 2. The second-order valence-electron chi connectivity index (χ2n) is 4.55. The number of aryl methyl sites for hydroxylation is 2. The van der Waals surface area contributed by atoms with Gasteiger partial charge >= 0.3 is 5.97 Å². The Morgan fingerprint density at radius 3 is 2.30 bits per heavy atom. The highest BCUT2D eigenvalue weighted by molar-refractivity contribution is 6.07. The van der Waals surface area contributed by atoms with Crippen LogP contribution >= 0.6 is 0 Å². The van der Waals surface area contributed by atoms with Crippen LogP contribution in [0.25, 0.3) is 0 Å². The number of hydrogen-bond donors (Lipinski definition) is 1. The first-order valence-electron chi connectivity index (χ1n) is 6.13. The smallest absolute Gasteiger partial charge is 0.323 e. The molecule has 0 unspecified atom stereocenters. The summed E-state index contributed by atoms with van der Waals surface area (Å²) in [4.78, 5) is 24.6. The van der Waals surface area contributed by atoms with Crippen LogP contribution < -0.4 is 4.90 Å². The van der Waals surface area contributed by atoms with Gasteiger partial charge < -0.3 is 9.52 Å². The zero-order valence-corrected chi connectivity index (χ0v) is 11.3. The highest BCUT2D eigenvalue weighted by atomic mass is 16.4. The van der Waals surface area contributed by atoms with E-state index in [9.17, 15) is 9.59 Å². The normalized spacial score (nSPS) is 10.3. The SMILES string of the molecule is Cc1ccc(N(CC(=O)O)C(=O)c2occc2C)cc1. The van der Waals surface area contributed by atoms with Gasteiger partial charge in [0.25, 0.3) is 5.91 Å². The number of carboxylic acid groups (broad SMARTS) is 1. The Morgan fingerprint density at radius 1 is 1.15 bits per heavy atom. The van der Waals surface area contributed by atoms with Gasteiger partial charge in [-0.25, -0.2) is 0 Å². The van der Waals surface area contributed by atoms with Crippen LogP contribution in [-0.4, -0.2) is 23.5 Å². The molecule has 0 saturated carbocycles. The molecular formula is C15H15NO4. The van der Waals surface area contributed by atoms with Crippen molar-refractivity contribution in [3.05, 3.63) is 53.5 Å². The molecule has 20 heavy (non-hydrogen) atoms. The van der Waals surface area contributed by atoms with Gasteiger partial charge in [0.15, 0.2) is 5.76 Å². The van der Waals surface area contributed by atoms with E-state index in [-0.39, 0.29) is 5.76 Å². The van der Waals surface area contributed by atoms with Crippen molar-refractivity contribution in [2.75, 3.05) is 11.4 Å². The summed E-state index contributed by atoms with van der Waals surface area (Å²) in [6, 6.07) is 8.75. The second kappa shape index (κ2) is 5.61. The van der Waals surface area contributed by atoms with E-state index < -0.39 is 18.4 Å². The number of nitrogens with zero attached hydrogens (tertiary/aromatic N) is 1. The molecule has 0 spiro atoms. The lowest BCUT2D eigenvalue weighted by Gasteiger charge is -2.20. The third-order valence-electron chi connectivity index (χ3n) is 2.94. The number of hydrogen-bond acceptors (Lipinski definition) is 3. The Morgan fingerprint density at radius 2 is 1.80 bits per heavy atom. The predicted molar refractivity (Wildman–Crippen MR) is 73.9 cm³/mol. The molecule has 5 heteroatoms. The third kappa shape index (κ3) is 2.88. The largest absolute Gasteiger partial charge is 0.480 e. The Hall–Kier alpha value is -2.56. The van der Waals surface area contributed by atoms with Gasteiger partial charge in [-0.1, -0.05) is 17.7 Å². The van der Waals surface area contributed by atoms with Crippen molar-refractivity contribution >= 4 is 17.6 Å². The molecule has 0 fully saturated rings. The van der Waals surface area contributed by atoms with E-state index in [1.807, 2.05) is 19.1 Å². The first-order valence-corrected chi connectivity index (χ1v) is 6.13. The van der Waals surface area contributed by atoms with Crippen molar-refractivity contribution < 1.29 is 19.1 Å². The molecule has 0 saturated heterocycles. The van der Waals surface area contributed by atoms with Gasteiger partial charge in [0.2, 0.25) is 0 Å². The zero-order valence-electron chi connectivity index (χ0n) is 11.3. The number of rotatable bonds is 4. The van der Waals surface area contributed by atoms with Crippen molar-refractivity contribution in [3.63, 3.8) is 0 Å². The fourth-order valence-corrected chi connectivity index (χ4v) is 1.85. The molecule has 0 aliphatic heterocycles. The lowest BCUT2D eigenvalue weighted by Crippen LogP contribution is -2.35. The van der Waals surface area contributed by atoms with Gasteiger partial charge in [-0.05, 0) is 32.0 Å². The second-order valence-corrected chi connectivity index (χ2v) is 4.55. The molecular weight excluding hydrogens is 258 g/mol. The Labute approximate surface area is 116 Å².